The van der Waals surface area contributed by atoms with Gasteiger partial charge in [-0.25, -0.2) is 0 Å². The standard InChI is InChI=1S/C21H35Cl/c1-4-5-6-7-8-12-17-20(21(2,3)22)18-13-16-19-14-10-9-11-15-19/h9-11,14-15,20H,4-8,12-13,16-18H2,1-3H3. The first-order valence-corrected chi connectivity index (χ1v) is 9.64. The number of rotatable bonds is 12. The van der Waals surface area contributed by atoms with Gasteiger partial charge >= 0.3 is 0 Å². The molecule has 1 unspecified atom stereocenters. The summed E-state index contributed by atoms with van der Waals surface area (Å²) in [5, 5.41) is 0. The van der Waals surface area contributed by atoms with Crippen molar-refractivity contribution < 1.29 is 0 Å². The summed E-state index contributed by atoms with van der Waals surface area (Å²) in [5.41, 5.74) is 1.45. The van der Waals surface area contributed by atoms with E-state index in [1.807, 2.05) is 0 Å². The zero-order valence-electron chi connectivity index (χ0n) is 14.9. The minimum absolute atomic E-state index is 0.0693. The highest BCUT2D eigenvalue weighted by molar-refractivity contribution is 6.23. The summed E-state index contributed by atoms with van der Waals surface area (Å²) in [5.74, 6) is 0.643. The van der Waals surface area contributed by atoms with Gasteiger partial charge in [-0.1, -0.05) is 75.8 Å². The van der Waals surface area contributed by atoms with Gasteiger partial charge in [-0.3, -0.25) is 0 Å². The third kappa shape index (κ3) is 8.83. The molecule has 0 N–H and O–H groups in total. The number of alkyl halides is 1. The summed E-state index contributed by atoms with van der Waals surface area (Å²) in [6.07, 6.45) is 13.2. The third-order valence-corrected chi connectivity index (χ3v) is 5.05. The van der Waals surface area contributed by atoms with Crippen molar-refractivity contribution in [3.8, 4) is 0 Å². The van der Waals surface area contributed by atoms with Gasteiger partial charge in [-0.15, -0.1) is 11.6 Å². The molecule has 1 aromatic rings. The number of unbranched alkanes of at least 4 members (excludes halogenated alkanes) is 5. The SMILES string of the molecule is CCCCCCCCC(CCCc1ccccc1)C(C)(C)Cl. The second kappa shape index (κ2) is 11.1. The molecule has 1 aromatic carbocycles. The van der Waals surface area contributed by atoms with Crippen molar-refractivity contribution in [2.24, 2.45) is 5.92 Å². The fourth-order valence-corrected chi connectivity index (χ4v) is 3.42. The monoisotopic (exact) mass is 322 g/mol. The Bertz CT molecular complexity index is 363. The summed E-state index contributed by atoms with van der Waals surface area (Å²) in [6, 6.07) is 10.8. The highest BCUT2D eigenvalue weighted by atomic mass is 35.5. The first-order valence-electron chi connectivity index (χ1n) is 9.27. The lowest BCUT2D eigenvalue weighted by Gasteiger charge is -2.28. The van der Waals surface area contributed by atoms with Crippen LogP contribution < -0.4 is 0 Å². The largest absolute Gasteiger partial charge is 0.120 e. The Labute approximate surface area is 143 Å². The first-order chi connectivity index (χ1) is 10.5. The van der Waals surface area contributed by atoms with E-state index in [2.05, 4.69) is 51.1 Å². The molecule has 126 valence electrons. The smallest absolute Gasteiger partial charge is 0.0418 e. The Kier molecular flexibility index (Phi) is 9.87. The van der Waals surface area contributed by atoms with Crippen molar-refractivity contribution in [2.75, 3.05) is 0 Å². The van der Waals surface area contributed by atoms with E-state index in [0.29, 0.717) is 5.92 Å². The summed E-state index contributed by atoms with van der Waals surface area (Å²) >= 11 is 6.64. The summed E-state index contributed by atoms with van der Waals surface area (Å²) in [4.78, 5) is -0.0693. The maximum absolute atomic E-state index is 6.64. The van der Waals surface area contributed by atoms with E-state index in [1.165, 1.54) is 69.8 Å². The van der Waals surface area contributed by atoms with E-state index in [9.17, 15) is 0 Å². The Morgan fingerprint density at radius 2 is 1.45 bits per heavy atom. The molecule has 0 aliphatic carbocycles. The minimum atomic E-state index is -0.0693. The molecule has 0 saturated carbocycles. The lowest BCUT2D eigenvalue weighted by Crippen LogP contribution is -2.24. The molecule has 0 saturated heterocycles. The van der Waals surface area contributed by atoms with Crippen molar-refractivity contribution >= 4 is 11.6 Å². The predicted molar refractivity (Wildman–Crippen MR) is 101 cm³/mol. The van der Waals surface area contributed by atoms with E-state index in [1.54, 1.807) is 0 Å². The van der Waals surface area contributed by atoms with Crippen LogP contribution in [0.3, 0.4) is 0 Å². The molecule has 0 aromatic heterocycles. The van der Waals surface area contributed by atoms with Crippen LogP contribution in [0.15, 0.2) is 30.3 Å². The highest BCUT2D eigenvalue weighted by Gasteiger charge is 2.25. The predicted octanol–water partition coefficient (Wildman–Crippen LogP) is 7.39. The fourth-order valence-electron chi connectivity index (χ4n) is 3.20. The second-order valence-corrected chi connectivity index (χ2v) is 8.17. The average Bonchev–Trinajstić information content (AvgIpc) is 2.49. The average molecular weight is 323 g/mol. The van der Waals surface area contributed by atoms with E-state index >= 15 is 0 Å². The number of aryl methyl sites for hydroxylation is 1. The Morgan fingerprint density at radius 3 is 2.09 bits per heavy atom. The van der Waals surface area contributed by atoms with Gasteiger partial charge in [-0.05, 0) is 51.0 Å². The minimum Gasteiger partial charge on any atom is -0.120 e. The zero-order valence-corrected chi connectivity index (χ0v) is 15.7. The Hall–Kier alpha value is -0.490. The third-order valence-electron chi connectivity index (χ3n) is 4.74. The van der Waals surface area contributed by atoms with Crippen molar-refractivity contribution in [1.82, 2.24) is 0 Å². The molecule has 0 spiro atoms. The Balaban J connectivity index is 2.26. The van der Waals surface area contributed by atoms with Crippen LogP contribution in [0.25, 0.3) is 0 Å². The van der Waals surface area contributed by atoms with Crippen LogP contribution in [0.2, 0.25) is 0 Å². The zero-order chi connectivity index (χ0) is 16.3. The molecule has 0 heterocycles. The maximum atomic E-state index is 6.64. The van der Waals surface area contributed by atoms with Gasteiger partial charge < -0.3 is 0 Å². The molecule has 1 rings (SSSR count). The van der Waals surface area contributed by atoms with E-state index < -0.39 is 0 Å². The van der Waals surface area contributed by atoms with Crippen LogP contribution in [0.1, 0.15) is 84.1 Å². The lowest BCUT2D eigenvalue weighted by atomic mass is 9.85. The molecular formula is C21H35Cl. The van der Waals surface area contributed by atoms with Gasteiger partial charge in [-0.2, -0.15) is 0 Å². The molecule has 0 aliphatic heterocycles. The van der Waals surface area contributed by atoms with Gasteiger partial charge in [0.05, 0.1) is 0 Å². The van der Waals surface area contributed by atoms with E-state index in [-0.39, 0.29) is 4.87 Å². The molecule has 0 amide bonds. The van der Waals surface area contributed by atoms with Gasteiger partial charge in [0.15, 0.2) is 0 Å². The summed E-state index contributed by atoms with van der Waals surface area (Å²) in [7, 11) is 0. The van der Waals surface area contributed by atoms with Crippen LogP contribution in [0.4, 0.5) is 0 Å². The molecule has 22 heavy (non-hydrogen) atoms. The Morgan fingerprint density at radius 1 is 0.864 bits per heavy atom. The normalized spacial score (nSPS) is 13.3. The molecule has 0 radical (unpaired) electrons. The molecule has 0 bridgehead atoms. The van der Waals surface area contributed by atoms with Crippen molar-refractivity contribution in [3.05, 3.63) is 35.9 Å². The van der Waals surface area contributed by atoms with E-state index in [4.69, 9.17) is 11.6 Å². The summed E-state index contributed by atoms with van der Waals surface area (Å²) in [6.45, 7) is 6.66. The van der Waals surface area contributed by atoms with Crippen LogP contribution in [0, 0.1) is 5.92 Å². The van der Waals surface area contributed by atoms with Gasteiger partial charge in [0.2, 0.25) is 0 Å². The molecular weight excluding hydrogens is 288 g/mol. The molecule has 0 nitrogen and oxygen atoms in total. The lowest BCUT2D eigenvalue weighted by molar-refractivity contribution is 0.340. The van der Waals surface area contributed by atoms with Crippen LogP contribution in [-0.2, 0) is 6.42 Å². The van der Waals surface area contributed by atoms with Gasteiger partial charge in [0.1, 0.15) is 0 Å². The first kappa shape index (κ1) is 19.6. The maximum Gasteiger partial charge on any atom is 0.0418 e. The van der Waals surface area contributed by atoms with Gasteiger partial charge in [0.25, 0.3) is 0 Å². The number of halogens is 1. The summed E-state index contributed by atoms with van der Waals surface area (Å²) < 4.78 is 0. The van der Waals surface area contributed by atoms with Crippen LogP contribution >= 0.6 is 11.6 Å². The molecule has 0 aliphatic rings. The molecule has 1 atom stereocenters. The highest BCUT2D eigenvalue weighted by Crippen LogP contribution is 2.33. The second-order valence-electron chi connectivity index (χ2n) is 7.20. The van der Waals surface area contributed by atoms with Crippen LogP contribution in [0.5, 0.6) is 0 Å². The molecule has 0 fully saturated rings. The number of hydrogen-bond acceptors (Lipinski definition) is 0. The van der Waals surface area contributed by atoms with Crippen LogP contribution in [-0.4, -0.2) is 4.87 Å². The number of benzene rings is 1. The topological polar surface area (TPSA) is 0 Å². The fraction of sp³-hybridized carbons (Fsp3) is 0.714. The quantitative estimate of drug-likeness (QED) is 0.278. The van der Waals surface area contributed by atoms with E-state index in [0.717, 1.165) is 0 Å². The van der Waals surface area contributed by atoms with Gasteiger partial charge in [0, 0.05) is 4.87 Å². The van der Waals surface area contributed by atoms with Crippen molar-refractivity contribution in [2.45, 2.75) is 89.9 Å². The van der Waals surface area contributed by atoms with Crippen molar-refractivity contribution in [3.63, 3.8) is 0 Å². The van der Waals surface area contributed by atoms with Crippen molar-refractivity contribution in [1.29, 1.82) is 0 Å². The molecule has 1 heteroatoms. The number of hydrogen-bond donors (Lipinski definition) is 0.